The predicted octanol–water partition coefficient (Wildman–Crippen LogP) is -1.43. The van der Waals surface area contributed by atoms with E-state index in [-0.39, 0.29) is 39.5 Å². The van der Waals surface area contributed by atoms with Crippen LogP contribution in [0, 0.1) is 5.92 Å². The Morgan fingerprint density at radius 2 is 1.63 bits per heavy atom. The molecule has 3 aliphatic heterocycles. The summed E-state index contributed by atoms with van der Waals surface area (Å²) in [7, 11) is 3.96. The third-order valence-electron chi connectivity index (χ3n) is 9.83. The van der Waals surface area contributed by atoms with Crippen molar-refractivity contribution >= 4 is 24.0 Å². The number of fused-ring (bicyclic) bond motifs is 4. The van der Waals surface area contributed by atoms with Crippen molar-refractivity contribution in [2.24, 2.45) is 5.92 Å². The highest BCUT2D eigenvalue weighted by Crippen LogP contribution is 2.55. The minimum Gasteiger partial charge on any atom is -0.504 e. The summed E-state index contributed by atoms with van der Waals surface area (Å²) in [6.45, 7) is -1.39. The van der Waals surface area contributed by atoms with Crippen molar-refractivity contribution in [2.75, 3.05) is 41.2 Å². The molecule has 2 aromatic carbocycles. The molecule has 0 amide bonds. The molecule has 0 unspecified atom stereocenters. The lowest BCUT2D eigenvalue weighted by molar-refractivity contribution is -0.383. The Hall–Kier alpha value is -4.73. The van der Waals surface area contributed by atoms with E-state index < -0.39 is 116 Å². The number of hydrogen-bond donors (Lipinski definition) is 7. The zero-order valence-corrected chi connectivity index (χ0v) is 29.3. The molecule has 0 saturated carbocycles. The highest BCUT2D eigenvalue weighted by atomic mass is 16.8. The molecule has 1 aliphatic carbocycles. The van der Waals surface area contributed by atoms with E-state index in [0.29, 0.717) is 0 Å². The van der Waals surface area contributed by atoms with Gasteiger partial charge in [-0.2, -0.15) is 0 Å². The van der Waals surface area contributed by atoms with Crippen molar-refractivity contribution < 1.29 is 92.8 Å². The Morgan fingerprint density at radius 1 is 0.907 bits per heavy atom. The Bertz CT molecular complexity index is 1810. The molecule has 294 valence electrons. The van der Waals surface area contributed by atoms with Crippen LogP contribution in [0.5, 0.6) is 28.7 Å². The van der Waals surface area contributed by atoms with Crippen molar-refractivity contribution in [1.29, 1.82) is 0 Å². The van der Waals surface area contributed by atoms with E-state index in [1.807, 2.05) is 0 Å². The van der Waals surface area contributed by atoms with Gasteiger partial charge in [0, 0.05) is 24.0 Å². The molecule has 6 rings (SSSR count). The van der Waals surface area contributed by atoms with Crippen molar-refractivity contribution in [3.05, 3.63) is 46.5 Å². The quantitative estimate of drug-likeness (QED) is 0.0876. The molecular formula is C35H40O19. The second kappa shape index (κ2) is 15.2. The maximum Gasteiger partial charge on any atom is 0.335 e. The Balaban J connectivity index is 1.46. The monoisotopic (exact) mass is 764 g/mol. The van der Waals surface area contributed by atoms with E-state index in [1.54, 1.807) is 6.07 Å². The van der Waals surface area contributed by atoms with Crippen LogP contribution in [0.15, 0.2) is 29.8 Å². The summed E-state index contributed by atoms with van der Waals surface area (Å²) in [5.74, 6) is -9.91. The van der Waals surface area contributed by atoms with Gasteiger partial charge in [-0.1, -0.05) is 0 Å². The van der Waals surface area contributed by atoms with Crippen LogP contribution in [0.4, 0.5) is 0 Å². The van der Waals surface area contributed by atoms with E-state index >= 15 is 0 Å². The van der Waals surface area contributed by atoms with E-state index in [9.17, 15) is 50.1 Å². The average Bonchev–Trinajstić information content (AvgIpc) is 3.41. The number of cyclic esters (lactones) is 1. The first-order valence-electron chi connectivity index (χ1n) is 16.6. The molecule has 0 aromatic heterocycles. The summed E-state index contributed by atoms with van der Waals surface area (Å²) < 4.78 is 49.9. The lowest BCUT2D eigenvalue weighted by Crippen LogP contribution is -2.63. The number of benzene rings is 2. The molecule has 2 bridgehead atoms. The number of carbonyl (C=O) groups is 3. The molecule has 3 fully saturated rings. The fraction of sp³-hybridized carbons (Fsp3) is 0.514. The number of esters is 3. The molecule has 3 saturated heterocycles. The number of rotatable bonds is 9. The van der Waals surface area contributed by atoms with Crippen LogP contribution in [0.3, 0.4) is 0 Å². The fourth-order valence-corrected chi connectivity index (χ4v) is 7.13. The largest absolute Gasteiger partial charge is 0.504 e. The molecule has 7 N–H and O–H groups in total. The van der Waals surface area contributed by atoms with Crippen molar-refractivity contribution in [1.82, 2.24) is 0 Å². The van der Waals surface area contributed by atoms with Gasteiger partial charge in [-0.05, 0) is 35.9 Å². The second-order valence-electron chi connectivity index (χ2n) is 12.9. The number of phenolic OH excluding ortho intramolecular Hbond substituents is 2. The summed E-state index contributed by atoms with van der Waals surface area (Å²) in [5.41, 5.74) is -0.0420. The third-order valence-corrected chi connectivity index (χ3v) is 9.83. The predicted molar refractivity (Wildman–Crippen MR) is 175 cm³/mol. The molecule has 2 aromatic rings. The summed E-state index contributed by atoms with van der Waals surface area (Å²) in [4.78, 5) is 40.0. The average molecular weight is 765 g/mol. The van der Waals surface area contributed by atoms with Crippen LogP contribution in [-0.4, -0.2) is 150 Å². The molecule has 4 aliphatic rings. The molecule has 0 spiro atoms. The number of methoxy groups -OCH3 is 3. The van der Waals surface area contributed by atoms with Gasteiger partial charge in [-0.25, -0.2) is 4.79 Å². The van der Waals surface area contributed by atoms with Gasteiger partial charge < -0.3 is 78.4 Å². The summed E-state index contributed by atoms with van der Waals surface area (Å²) in [5, 5.41) is 76.4. The van der Waals surface area contributed by atoms with Crippen molar-refractivity contribution in [3.63, 3.8) is 0 Å². The number of carbonyl (C=O) groups excluding carboxylic acids is 3. The van der Waals surface area contributed by atoms with Gasteiger partial charge in [-0.15, -0.1) is 0 Å². The zero-order valence-electron chi connectivity index (χ0n) is 29.3. The normalized spacial score (nSPS) is 33.3. The van der Waals surface area contributed by atoms with Crippen LogP contribution in [0.25, 0.3) is 6.08 Å². The number of hydrogen-bond acceptors (Lipinski definition) is 19. The van der Waals surface area contributed by atoms with Crippen molar-refractivity contribution in [3.8, 4) is 28.7 Å². The number of ether oxygens (including phenoxy) is 9. The Kier molecular flexibility index (Phi) is 11.0. The van der Waals surface area contributed by atoms with Gasteiger partial charge in [0.25, 0.3) is 0 Å². The highest BCUT2D eigenvalue weighted by molar-refractivity contribution is 6.02. The van der Waals surface area contributed by atoms with Gasteiger partial charge in [0.05, 0.1) is 26.9 Å². The molecule has 0 radical (unpaired) electrons. The van der Waals surface area contributed by atoms with Crippen molar-refractivity contribution in [2.45, 2.75) is 67.6 Å². The molecule has 19 heteroatoms. The lowest BCUT2D eigenvalue weighted by atomic mass is 9.70. The number of aliphatic hydroxyl groups is 5. The van der Waals surface area contributed by atoms with Crippen LogP contribution in [0.1, 0.15) is 29.5 Å². The minimum atomic E-state index is -2.58. The first-order valence-corrected chi connectivity index (χ1v) is 16.6. The minimum absolute atomic E-state index is 0.0636. The second-order valence-corrected chi connectivity index (χ2v) is 12.9. The standard InChI is InChI=1S/C35H40O19/c1-13(37)49-10-20-26(39)29(42)30(43)34(51-20)54-35(12-36)31-27(40)21(53-35)11-50-32(44)17-7-14-8-19(48-4)25(38)28(41)22(14)23(24(17)33(45)52-31)16-9-15(46-2)5-6-18(16)47-3/h5-9,20-21,23-24,26-27,29-31,34,36,38-43H,10-12H2,1-4H3/t20-,21-,23+,24+,26-,27-,29-,30-,31+,34-,35-/m1/s1. The Morgan fingerprint density at radius 3 is 2.28 bits per heavy atom. The van der Waals surface area contributed by atoms with Gasteiger partial charge >= 0.3 is 17.9 Å². The maximum atomic E-state index is 14.7. The third kappa shape index (κ3) is 6.66. The summed E-state index contributed by atoms with van der Waals surface area (Å²) in [6, 6.07) is 5.88. The molecule has 19 nitrogen and oxygen atoms in total. The molecule has 11 atom stereocenters. The van der Waals surface area contributed by atoms with Crippen LogP contribution in [0.2, 0.25) is 0 Å². The van der Waals surface area contributed by atoms with Gasteiger partial charge in [-0.3, -0.25) is 9.59 Å². The molecular weight excluding hydrogens is 724 g/mol. The van der Waals surface area contributed by atoms with E-state index in [1.165, 1.54) is 45.6 Å². The topological polar surface area (TPSA) is 276 Å². The first-order chi connectivity index (χ1) is 25.7. The SMILES string of the molecule is COc1ccc(OC)c([C@H]2c3c(cc(OC)c(O)c3O)C=C3C(=O)OC[C@H]4O[C@](CO)(O[C@H]5O[C@H](COC(C)=O)[C@@H](O)[C@@H](O)[C@H]5O)[C@@H](OC(=O)[C@@H]32)[C@@H]4O)c1. The Labute approximate surface area is 306 Å². The van der Waals surface area contributed by atoms with Crippen LogP contribution in [-0.2, 0) is 42.8 Å². The van der Waals surface area contributed by atoms with Gasteiger partial charge in [0.15, 0.2) is 23.9 Å². The van der Waals surface area contributed by atoms with Gasteiger partial charge in [0.2, 0.25) is 11.5 Å². The van der Waals surface area contributed by atoms with E-state index in [2.05, 4.69) is 0 Å². The smallest absolute Gasteiger partial charge is 0.335 e. The number of aromatic hydroxyl groups is 2. The summed E-state index contributed by atoms with van der Waals surface area (Å²) in [6.07, 6.45) is -13.3. The molecule has 3 heterocycles. The highest BCUT2D eigenvalue weighted by Gasteiger charge is 2.62. The van der Waals surface area contributed by atoms with Gasteiger partial charge in [0.1, 0.15) is 73.9 Å². The first kappa shape index (κ1) is 39.0. The van der Waals surface area contributed by atoms with E-state index in [4.69, 9.17) is 42.6 Å². The maximum absolute atomic E-state index is 14.7. The molecule has 54 heavy (non-hydrogen) atoms. The summed E-state index contributed by atoms with van der Waals surface area (Å²) >= 11 is 0. The number of aliphatic hydroxyl groups excluding tert-OH is 5. The lowest BCUT2D eigenvalue weighted by Gasteiger charge is -2.44. The van der Waals surface area contributed by atoms with Crippen LogP contribution < -0.4 is 14.2 Å². The van der Waals surface area contributed by atoms with Crippen LogP contribution >= 0.6 is 0 Å². The van der Waals surface area contributed by atoms with E-state index in [0.717, 1.165) is 6.92 Å². The number of phenols is 2. The fourth-order valence-electron chi connectivity index (χ4n) is 7.13. The zero-order chi connectivity index (χ0) is 39.2.